The molecule has 28 heavy (non-hydrogen) atoms. The summed E-state index contributed by atoms with van der Waals surface area (Å²) in [6.45, 7) is 0.208. The summed E-state index contributed by atoms with van der Waals surface area (Å²) in [5, 5.41) is 3.62. The molecule has 0 unspecified atom stereocenters. The van der Waals surface area contributed by atoms with Crippen molar-refractivity contribution in [2.24, 2.45) is 0 Å². The number of hydrogen-bond donors (Lipinski definition) is 1. The van der Waals surface area contributed by atoms with Crippen LogP contribution in [0.5, 0.6) is 0 Å². The van der Waals surface area contributed by atoms with Gasteiger partial charge < -0.3 is 4.90 Å². The molecule has 0 radical (unpaired) electrons. The highest BCUT2D eigenvalue weighted by Crippen LogP contribution is 2.35. The lowest BCUT2D eigenvalue weighted by molar-refractivity contribution is 0.371. The molecular weight excluding hydrogens is 455 g/mol. The second-order valence-corrected chi connectivity index (χ2v) is 9.06. The number of benzene rings is 2. The Morgan fingerprint density at radius 3 is 2.61 bits per heavy atom. The lowest BCUT2D eigenvalue weighted by Crippen LogP contribution is -2.45. The van der Waals surface area contributed by atoms with Crippen LogP contribution in [-0.2, 0) is 23.1 Å². The Kier molecular flexibility index (Phi) is 4.81. The molecule has 0 amide bonds. The van der Waals surface area contributed by atoms with Crippen LogP contribution in [-0.4, -0.2) is 29.5 Å². The zero-order chi connectivity index (χ0) is 19.9. The first-order valence-corrected chi connectivity index (χ1v) is 10.4. The van der Waals surface area contributed by atoms with E-state index in [0.29, 0.717) is 5.69 Å². The molecule has 2 heterocycles. The van der Waals surface area contributed by atoms with Crippen molar-refractivity contribution in [3.05, 3.63) is 74.7 Å². The molecular formula is C17H14BrFN4O4S. The number of halogens is 2. The van der Waals surface area contributed by atoms with Gasteiger partial charge in [0.15, 0.2) is 5.82 Å². The Morgan fingerprint density at radius 1 is 1.18 bits per heavy atom. The average Bonchev–Trinajstić information content (AvgIpc) is 3.06. The molecule has 0 saturated carbocycles. The molecule has 1 aliphatic heterocycles. The van der Waals surface area contributed by atoms with Crippen molar-refractivity contribution >= 4 is 31.6 Å². The summed E-state index contributed by atoms with van der Waals surface area (Å²) in [6.07, 6.45) is 0. The third-order valence-corrected chi connectivity index (χ3v) is 6.64. The number of sulfonamides is 1. The van der Waals surface area contributed by atoms with E-state index in [-0.39, 0.29) is 30.5 Å². The third-order valence-electron chi connectivity index (χ3n) is 4.31. The Morgan fingerprint density at radius 2 is 1.93 bits per heavy atom. The van der Waals surface area contributed by atoms with Gasteiger partial charge in [0.25, 0.3) is 0 Å². The van der Waals surface area contributed by atoms with Gasteiger partial charge >= 0.3 is 5.76 Å². The highest BCUT2D eigenvalue weighted by atomic mass is 79.9. The number of rotatable bonds is 4. The summed E-state index contributed by atoms with van der Waals surface area (Å²) in [5.41, 5.74) is 1.11. The van der Waals surface area contributed by atoms with E-state index in [4.69, 9.17) is 0 Å². The first kappa shape index (κ1) is 18.8. The van der Waals surface area contributed by atoms with Crippen molar-refractivity contribution in [2.75, 3.05) is 11.6 Å². The van der Waals surface area contributed by atoms with E-state index in [2.05, 4.69) is 30.6 Å². The van der Waals surface area contributed by atoms with E-state index in [9.17, 15) is 17.6 Å². The second kappa shape index (κ2) is 7.15. The van der Waals surface area contributed by atoms with Gasteiger partial charge in [-0.2, -0.15) is 4.31 Å². The largest absolute Gasteiger partial charge is 0.438 e. The van der Waals surface area contributed by atoms with Gasteiger partial charge in [-0.05, 0) is 35.9 Å². The molecule has 0 bridgehead atoms. The molecule has 0 spiro atoms. The van der Waals surface area contributed by atoms with Crippen LogP contribution < -0.4 is 10.7 Å². The molecule has 0 atom stereocenters. The molecule has 0 aliphatic carbocycles. The van der Waals surface area contributed by atoms with Crippen LogP contribution in [0.15, 0.2) is 61.2 Å². The molecule has 4 rings (SSSR count). The Balaban J connectivity index is 1.73. The maximum atomic E-state index is 13.8. The molecule has 2 aromatic carbocycles. The number of hydrogen-bond acceptors (Lipinski definition) is 6. The van der Waals surface area contributed by atoms with Gasteiger partial charge in [-0.1, -0.05) is 33.2 Å². The molecule has 3 aromatic rings. The Bertz CT molecular complexity index is 1180. The van der Waals surface area contributed by atoms with Crippen LogP contribution in [0.25, 0.3) is 0 Å². The zero-order valence-corrected chi connectivity index (χ0v) is 16.7. The zero-order valence-electron chi connectivity index (χ0n) is 14.3. The van der Waals surface area contributed by atoms with Crippen molar-refractivity contribution in [1.82, 2.24) is 14.4 Å². The predicted molar refractivity (Wildman–Crippen MR) is 101 cm³/mol. The van der Waals surface area contributed by atoms with Crippen LogP contribution in [0.2, 0.25) is 0 Å². The lowest BCUT2D eigenvalue weighted by atomic mass is 10.2. The van der Waals surface area contributed by atoms with Crippen LogP contribution >= 0.6 is 15.9 Å². The van der Waals surface area contributed by atoms with Gasteiger partial charge in [0.05, 0.1) is 18.9 Å². The Labute approximate surface area is 167 Å². The number of aromatic nitrogens is 2. The fourth-order valence-electron chi connectivity index (χ4n) is 3.01. The predicted octanol–water partition coefficient (Wildman–Crippen LogP) is 2.43. The normalized spacial score (nSPS) is 16.1. The highest BCUT2D eigenvalue weighted by molar-refractivity contribution is 9.10. The van der Waals surface area contributed by atoms with E-state index >= 15 is 0 Å². The number of fused-ring (bicyclic) bond motifs is 1. The number of aromatic amines is 1. The maximum Gasteiger partial charge on any atom is 0.438 e. The summed E-state index contributed by atoms with van der Waals surface area (Å²) in [7, 11) is -3.91. The van der Waals surface area contributed by atoms with Gasteiger partial charge in [0.1, 0.15) is 10.7 Å². The van der Waals surface area contributed by atoms with Crippen molar-refractivity contribution in [3.63, 3.8) is 0 Å². The van der Waals surface area contributed by atoms with E-state index in [1.807, 2.05) is 12.1 Å². The van der Waals surface area contributed by atoms with Crippen molar-refractivity contribution in [3.8, 4) is 0 Å². The van der Waals surface area contributed by atoms with Crippen LogP contribution in [0, 0.1) is 5.82 Å². The molecule has 146 valence electrons. The van der Waals surface area contributed by atoms with E-state index in [0.717, 1.165) is 16.1 Å². The maximum absolute atomic E-state index is 13.8. The SMILES string of the molecule is O=c1[nH]c(CN2CN(Cc3ccc(Br)cc3)S(=O)(=O)c3cc(F)ccc32)no1. The van der Waals surface area contributed by atoms with Crippen LogP contribution in [0.4, 0.5) is 10.1 Å². The Hall–Kier alpha value is -2.50. The van der Waals surface area contributed by atoms with Gasteiger partial charge in [-0.3, -0.25) is 9.51 Å². The van der Waals surface area contributed by atoms with E-state index in [1.165, 1.54) is 16.4 Å². The molecule has 1 N–H and O–H groups in total. The third kappa shape index (κ3) is 3.60. The second-order valence-electron chi connectivity index (χ2n) is 6.23. The number of nitrogens with one attached hydrogen (secondary N) is 1. The van der Waals surface area contributed by atoms with Crippen molar-refractivity contribution < 1.29 is 17.3 Å². The monoisotopic (exact) mass is 468 g/mol. The van der Waals surface area contributed by atoms with Gasteiger partial charge in [-0.15, -0.1) is 0 Å². The minimum absolute atomic E-state index is 0.00587. The summed E-state index contributed by atoms with van der Waals surface area (Å²) in [5.74, 6) is -1.11. The lowest BCUT2D eigenvalue weighted by Gasteiger charge is -2.37. The van der Waals surface area contributed by atoms with Crippen molar-refractivity contribution in [1.29, 1.82) is 0 Å². The topological polar surface area (TPSA) is 99.5 Å². The van der Waals surface area contributed by atoms with Crippen molar-refractivity contribution in [2.45, 2.75) is 18.0 Å². The first-order valence-electron chi connectivity index (χ1n) is 8.17. The first-order chi connectivity index (χ1) is 13.3. The summed E-state index contributed by atoms with van der Waals surface area (Å²) < 4.78 is 46.6. The quantitative estimate of drug-likeness (QED) is 0.631. The molecule has 0 saturated heterocycles. The fraction of sp³-hybridized carbons (Fsp3) is 0.176. The average molecular weight is 469 g/mol. The minimum atomic E-state index is -3.91. The van der Waals surface area contributed by atoms with E-state index < -0.39 is 21.6 Å². The summed E-state index contributed by atoms with van der Waals surface area (Å²) in [6, 6.07) is 10.8. The summed E-state index contributed by atoms with van der Waals surface area (Å²) >= 11 is 3.34. The molecule has 1 aromatic heterocycles. The van der Waals surface area contributed by atoms with Crippen LogP contribution in [0.3, 0.4) is 0 Å². The van der Waals surface area contributed by atoms with Gasteiger partial charge in [0.2, 0.25) is 10.0 Å². The van der Waals surface area contributed by atoms with Gasteiger partial charge in [0, 0.05) is 11.0 Å². The number of H-pyrrole nitrogens is 1. The number of nitrogens with zero attached hydrogens (tertiary/aromatic N) is 3. The highest BCUT2D eigenvalue weighted by Gasteiger charge is 2.36. The number of anilines is 1. The molecule has 8 nitrogen and oxygen atoms in total. The van der Waals surface area contributed by atoms with E-state index in [1.54, 1.807) is 17.0 Å². The molecule has 11 heteroatoms. The minimum Gasteiger partial charge on any atom is -0.349 e. The van der Waals surface area contributed by atoms with Crippen LogP contribution in [0.1, 0.15) is 11.4 Å². The standard InChI is InChI=1S/C17H14BrFN4O4S/c18-12-3-1-11(2-4-12)8-23-10-22(9-16-20-17(24)27-21-16)14-6-5-13(19)7-15(14)28(23,25)26/h1-7H,8-10H2,(H,20,21,24). The smallest absolute Gasteiger partial charge is 0.349 e. The molecule has 1 aliphatic rings. The van der Waals surface area contributed by atoms with Gasteiger partial charge in [-0.25, -0.2) is 17.6 Å². The summed E-state index contributed by atoms with van der Waals surface area (Å²) in [4.78, 5) is 15.2. The molecule has 0 fully saturated rings. The fourth-order valence-corrected chi connectivity index (χ4v) is 4.89.